The van der Waals surface area contributed by atoms with E-state index in [1.54, 1.807) is 30.0 Å². The molecule has 0 aliphatic carbocycles. The summed E-state index contributed by atoms with van der Waals surface area (Å²) in [6, 6.07) is 14.2. The topological polar surface area (TPSA) is 97.0 Å². The Morgan fingerprint density at radius 1 is 1.25 bits per heavy atom. The number of piperazine rings is 1. The van der Waals surface area contributed by atoms with E-state index < -0.39 is 17.9 Å². The minimum Gasteiger partial charge on any atom is -0.492 e. The van der Waals surface area contributed by atoms with Gasteiger partial charge in [0.15, 0.2) is 5.11 Å². The molecule has 3 rings (SSSR count). The highest BCUT2D eigenvalue weighted by Gasteiger charge is 2.34. The van der Waals surface area contributed by atoms with Crippen LogP contribution in [0.15, 0.2) is 53.0 Å². The number of carbonyl (C=O) groups excluding carboxylic acids is 3. The normalized spacial score (nSPS) is 16.0. The summed E-state index contributed by atoms with van der Waals surface area (Å²) in [6.45, 7) is 4.79. The van der Waals surface area contributed by atoms with Crippen LogP contribution in [0.1, 0.15) is 42.6 Å². The summed E-state index contributed by atoms with van der Waals surface area (Å²) < 4.78 is 12.0. The third-order valence-electron chi connectivity index (χ3n) is 5.76. The Kier molecular flexibility index (Phi) is 10.2. The number of thiocarbonyl (C=S) groups is 1. The lowest BCUT2D eigenvalue weighted by Crippen LogP contribution is -2.60. The molecule has 192 valence electrons. The van der Waals surface area contributed by atoms with E-state index in [0.717, 1.165) is 5.56 Å². The van der Waals surface area contributed by atoms with E-state index in [4.69, 9.17) is 21.7 Å². The van der Waals surface area contributed by atoms with E-state index in [1.807, 2.05) is 37.3 Å². The molecule has 36 heavy (non-hydrogen) atoms. The molecule has 0 spiro atoms. The fourth-order valence-corrected chi connectivity index (χ4v) is 4.31. The number of amides is 2. The highest BCUT2D eigenvalue weighted by Crippen LogP contribution is 2.24. The van der Waals surface area contributed by atoms with Crippen LogP contribution in [0.4, 0.5) is 0 Å². The van der Waals surface area contributed by atoms with Gasteiger partial charge in [0, 0.05) is 24.0 Å². The molecule has 2 aromatic rings. The van der Waals surface area contributed by atoms with E-state index in [0.29, 0.717) is 48.3 Å². The summed E-state index contributed by atoms with van der Waals surface area (Å²) in [5, 5.41) is 5.51. The number of nitrogens with one attached hydrogen (secondary N) is 2. The minimum atomic E-state index is -0.868. The molecule has 2 atom stereocenters. The van der Waals surface area contributed by atoms with E-state index in [9.17, 15) is 14.4 Å². The van der Waals surface area contributed by atoms with Gasteiger partial charge in [-0.2, -0.15) is 0 Å². The number of nitrogens with zero attached hydrogens (tertiary/aromatic N) is 1. The van der Waals surface area contributed by atoms with Crippen LogP contribution in [-0.4, -0.2) is 59.6 Å². The summed E-state index contributed by atoms with van der Waals surface area (Å²) in [7, 11) is 0. The molecular weight excluding hydrogens is 546 g/mol. The van der Waals surface area contributed by atoms with Crippen molar-refractivity contribution in [3.8, 4) is 5.75 Å². The van der Waals surface area contributed by atoms with Crippen molar-refractivity contribution in [3.63, 3.8) is 0 Å². The van der Waals surface area contributed by atoms with Gasteiger partial charge in [-0.1, -0.05) is 53.2 Å². The predicted octanol–water partition coefficient (Wildman–Crippen LogP) is 3.62. The van der Waals surface area contributed by atoms with Crippen molar-refractivity contribution in [3.05, 3.63) is 64.1 Å². The van der Waals surface area contributed by atoms with Crippen LogP contribution in [0, 0.1) is 0 Å². The van der Waals surface area contributed by atoms with Gasteiger partial charge in [-0.15, -0.1) is 0 Å². The quantitative estimate of drug-likeness (QED) is 0.348. The van der Waals surface area contributed by atoms with Crippen LogP contribution in [-0.2, 0) is 20.7 Å². The Bertz CT molecular complexity index is 1100. The molecule has 1 saturated heterocycles. The first-order chi connectivity index (χ1) is 17.3. The first kappa shape index (κ1) is 27.6. The Hall–Kier alpha value is -2.98. The third-order valence-corrected chi connectivity index (χ3v) is 6.59. The number of ether oxygens (including phenoxy) is 2. The number of hydrogen-bond donors (Lipinski definition) is 2. The van der Waals surface area contributed by atoms with Crippen LogP contribution < -0.4 is 15.4 Å². The Morgan fingerprint density at radius 3 is 2.72 bits per heavy atom. The maximum absolute atomic E-state index is 13.2. The van der Waals surface area contributed by atoms with Crippen molar-refractivity contribution in [2.24, 2.45) is 0 Å². The van der Waals surface area contributed by atoms with Gasteiger partial charge in [0.1, 0.15) is 11.8 Å². The molecule has 0 saturated carbocycles. The highest BCUT2D eigenvalue weighted by atomic mass is 79.9. The number of carbonyl (C=O) groups is 3. The van der Waals surface area contributed by atoms with E-state index in [2.05, 4.69) is 26.6 Å². The molecule has 1 heterocycles. The first-order valence-corrected chi connectivity index (χ1v) is 13.0. The molecule has 2 amide bonds. The third kappa shape index (κ3) is 7.76. The van der Waals surface area contributed by atoms with Crippen molar-refractivity contribution < 1.29 is 23.9 Å². The van der Waals surface area contributed by atoms with Crippen molar-refractivity contribution in [1.82, 2.24) is 15.5 Å². The van der Waals surface area contributed by atoms with Gasteiger partial charge in [0.2, 0.25) is 5.91 Å². The minimum absolute atomic E-state index is 0.0615. The molecule has 0 aromatic heterocycles. The maximum Gasteiger partial charge on any atom is 0.308 e. The molecule has 1 fully saturated rings. The fraction of sp³-hybridized carbons (Fsp3) is 0.385. The Balaban J connectivity index is 1.67. The van der Waals surface area contributed by atoms with Crippen LogP contribution in [0.3, 0.4) is 0 Å². The Labute approximate surface area is 224 Å². The molecule has 2 unspecified atom stereocenters. The van der Waals surface area contributed by atoms with Crippen LogP contribution >= 0.6 is 28.1 Å². The number of rotatable bonds is 9. The lowest BCUT2D eigenvalue weighted by atomic mass is 10.1. The van der Waals surface area contributed by atoms with Gasteiger partial charge in [0.25, 0.3) is 5.91 Å². The molecule has 1 aliphatic rings. The molecule has 1 aliphatic heterocycles. The average molecular weight is 577 g/mol. The number of esters is 1. The zero-order valence-electron chi connectivity index (χ0n) is 20.3. The number of halogens is 1. The fourth-order valence-electron chi connectivity index (χ4n) is 3.64. The van der Waals surface area contributed by atoms with Gasteiger partial charge in [0.05, 0.1) is 24.7 Å². The smallest absolute Gasteiger partial charge is 0.308 e. The van der Waals surface area contributed by atoms with Gasteiger partial charge >= 0.3 is 5.97 Å². The molecule has 8 nitrogen and oxygen atoms in total. The zero-order chi connectivity index (χ0) is 26.1. The van der Waals surface area contributed by atoms with Crippen molar-refractivity contribution in [2.75, 3.05) is 19.7 Å². The monoisotopic (exact) mass is 575 g/mol. The summed E-state index contributed by atoms with van der Waals surface area (Å²) in [6.07, 6.45) is 0.939. The standard InChI is InChI=1S/C26H30BrN3O5S/c1-3-17(2)35-23(31)16-21-25(33)28-12-13-30(21)26(36)29-24(32)20-15-19(27)9-10-22(20)34-14-11-18-7-5-4-6-8-18/h4-10,15,17,21H,3,11-14,16H2,1-2H3,(H,28,33)(H,29,32,36). The lowest BCUT2D eigenvalue weighted by Gasteiger charge is -2.36. The summed E-state index contributed by atoms with van der Waals surface area (Å²) >= 11 is 8.88. The number of hydrogen-bond acceptors (Lipinski definition) is 6. The highest BCUT2D eigenvalue weighted by molar-refractivity contribution is 9.10. The average Bonchev–Trinajstić information content (AvgIpc) is 2.86. The summed E-state index contributed by atoms with van der Waals surface area (Å²) in [4.78, 5) is 39.6. The molecule has 2 aromatic carbocycles. The number of benzene rings is 2. The van der Waals surface area contributed by atoms with Crippen molar-refractivity contribution >= 4 is 51.0 Å². The lowest BCUT2D eigenvalue weighted by molar-refractivity contribution is -0.151. The van der Waals surface area contributed by atoms with Gasteiger partial charge in [-0.25, -0.2) is 0 Å². The second-order valence-corrected chi connectivity index (χ2v) is 9.70. The van der Waals surface area contributed by atoms with Crippen LogP contribution in [0.25, 0.3) is 0 Å². The second-order valence-electron chi connectivity index (χ2n) is 8.40. The van der Waals surface area contributed by atoms with Gasteiger partial charge in [-0.05, 0) is 49.3 Å². The second kappa shape index (κ2) is 13.4. The van der Waals surface area contributed by atoms with Gasteiger partial charge in [-0.3, -0.25) is 19.7 Å². The largest absolute Gasteiger partial charge is 0.492 e. The predicted molar refractivity (Wildman–Crippen MR) is 144 cm³/mol. The van der Waals surface area contributed by atoms with Crippen molar-refractivity contribution in [1.29, 1.82) is 0 Å². The van der Waals surface area contributed by atoms with E-state index >= 15 is 0 Å². The maximum atomic E-state index is 13.2. The van der Waals surface area contributed by atoms with E-state index in [-0.39, 0.29) is 23.5 Å². The first-order valence-electron chi connectivity index (χ1n) is 11.8. The summed E-state index contributed by atoms with van der Waals surface area (Å²) in [5.41, 5.74) is 1.43. The molecule has 0 bridgehead atoms. The molecule has 10 heteroatoms. The molecule has 2 N–H and O–H groups in total. The summed E-state index contributed by atoms with van der Waals surface area (Å²) in [5.74, 6) is -0.889. The molecule has 0 radical (unpaired) electrons. The van der Waals surface area contributed by atoms with Crippen LogP contribution in [0.2, 0.25) is 0 Å². The Morgan fingerprint density at radius 2 is 2.00 bits per heavy atom. The van der Waals surface area contributed by atoms with Crippen LogP contribution in [0.5, 0.6) is 5.75 Å². The zero-order valence-corrected chi connectivity index (χ0v) is 22.7. The van der Waals surface area contributed by atoms with Crippen molar-refractivity contribution in [2.45, 2.75) is 45.3 Å². The molecular formula is C26H30BrN3O5S. The SMILES string of the molecule is CCC(C)OC(=O)CC1C(=O)NCCN1C(=S)NC(=O)c1cc(Br)ccc1OCCc1ccccc1. The van der Waals surface area contributed by atoms with Gasteiger partial charge < -0.3 is 19.7 Å². The van der Waals surface area contributed by atoms with E-state index in [1.165, 1.54) is 0 Å².